The summed E-state index contributed by atoms with van der Waals surface area (Å²) in [5.74, 6) is 0.546. The van der Waals surface area contributed by atoms with Gasteiger partial charge in [0.15, 0.2) is 5.84 Å². The summed E-state index contributed by atoms with van der Waals surface area (Å²) in [7, 11) is 1.63. The van der Waals surface area contributed by atoms with Gasteiger partial charge in [-0.1, -0.05) is 13.8 Å². The van der Waals surface area contributed by atoms with Gasteiger partial charge in [0.2, 0.25) is 0 Å². The molecular weight excluding hydrogens is 207 g/mol. The molecule has 2 unspecified atom stereocenters. The molecule has 2 atom stereocenters. The highest BCUT2D eigenvalue weighted by Crippen LogP contribution is 2.20. The van der Waals surface area contributed by atoms with Gasteiger partial charge < -0.3 is 10.6 Å². The molecule has 1 aliphatic heterocycles. The third-order valence-corrected chi connectivity index (χ3v) is 2.78. The number of nitrogens with two attached hydrogens (primary N) is 1. The molecule has 0 aromatic rings. The number of aliphatic imine (C=N–C) groups is 2. The van der Waals surface area contributed by atoms with Crippen LogP contribution in [0.15, 0.2) is 21.4 Å². The summed E-state index contributed by atoms with van der Waals surface area (Å²) in [4.78, 5) is 9.39. The molecule has 16 heavy (non-hydrogen) atoms. The van der Waals surface area contributed by atoms with E-state index in [-0.39, 0.29) is 5.84 Å². The lowest BCUT2D eigenvalue weighted by molar-refractivity contribution is 0.150. The van der Waals surface area contributed by atoms with Crippen molar-refractivity contribution >= 4 is 12.1 Å². The second-order valence-electron chi connectivity index (χ2n) is 4.03. The Morgan fingerprint density at radius 2 is 2.31 bits per heavy atom. The first-order valence-corrected chi connectivity index (χ1v) is 5.43. The van der Waals surface area contributed by atoms with Crippen LogP contribution in [0.25, 0.3) is 0 Å². The molecule has 0 aromatic carbocycles. The first kappa shape index (κ1) is 12.7. The molecule has 0 aliphatic carbocycles. The molecule has 0 amide bonds. The van der Waals surface area contributed by atoms with E-state index < -0.39 is 6.42 Å². The van der Waals surface area contributed by atoms with Crippen molar-refractivity contribution in [1.29, 1.82) is 0 Å². The third kappa shape index (κ3) is 2.59. The minimum Gasteiger partial charge on any atom is -0.382 e. The summed E-state index contributed by atoms with van der Waals surface area (Å²) >= 11 is 0. The molecule has 1 rings (SSSR count). The summed E-state index contributed by atoms with van der Waals surface area (Å²) in [6.07, 6.45) is 1.43. The van der Waals surface area contributed by atoms with Gasteiger partial charge in [-0.2, -0.15) is 4.39 Å². The Morgan fingerprint density at radius 3 is 2.88 bits per heavy atom. The fourth-order valence-corrected chi connectivity index (χ4v) is 1.24. The Bertz CT molecular complexity index is 346. The van der Waals surface area contributed by atoms with E-state index in [1.165, 1.54) is 4.90 Å². The Kier molecular flexibility index (Phi) is 4.04. The molecule has 0 aromatic heterocycles. The van der Waals surface area contributed by atoms with E-state index in [0.717, 1.165) is 6.42 Å². The molecule has 0 bridgehead atoms. The smallest absolute Gasteiger partial charge is 0.268 e. The number of hydrogen-bond donors (Lipinski definition) is 1. The van der Waals surface area contributed by atoms with E-state index in [2.05, 4.69) is 23.8 Å². The van der Waals surface area contributed by atoms with Crippen molar-refractivity contribution in [3.63, 3.8) is 0 Å². The van der Waals surface area contributed by atoms with Crippen LogP contribution in [-0.4, -0.2) is 30.4 Å². The first-order chi connectivity index (χ1) is 7.47. The van der Waals surface area contributed by atoms with E-state index in [1.807, 2.05) is 6.21 Å². The largest absolute Gasteiger partial charge is 0.382 e. The normalized spacial score (nSPS) is 23.9. The minimum atomic E-state index is -1.40. The zero-order valence-electron chi connectivity index (χ0n) is 10.2. The lowest BCUT2D eigenvalue weighted by Gasteiger charge is -2.27. The SMILES string of the molecule is CCC(C)/C=N\C1=C(C)N(C)C(F)N=C1N. The van der Waals surface area contributed by atoms with Crippen LogP contribution in [0.4, 0.5) is 4.39 Å². The summed E-state index contributed by atoms with van der Waals surface area (Å²) in [5, 5.41) is 0. The predicted molar refractivity (Wildman–Crippen MR) is 64.9 cm³/mol. The predicted octanol–water partition coefficient (Wildman–Crippen LogP) is 1.89. The van der Waals surface area contributed by atoms with E-state index in [4.69, 9.17) is 5.73 Å². The molecular formula is C11H19FN4. The van der Waals surface area contributed by atoms with Crippen LogP contribution >= 0.6 is 0 Å². The van der Waals surface area contributed by atoms with Crippen molar-refractivity contribution in [2.75, 3.05) is 7.05 Å². The number of hydrogen-bond acceptors (Lipinski definition) is 4. The maximum Gasteiger partial charge on any atom is 0.268 e. The van der Waals surface area contributed by atoms with Crippen LogP contribution in [0.5, 0.6) is 0 Å². The lowest BCUT2D eigenvalue weighted by Crippen LogP contribution is -2.34. The van der Waals surface area contributed by atoms with Gasteiger partial charge in [-0.05, 0) is 19.3 Å². The van der Waals surface area contributed by atoms with Gasteiger partial charge in [-0.25, -0.2) is 4.99 Å². The zero-order chi connectivity index (χ0) is 12.3. The van der Waals surface area contributed by atoms with E-state index in [9.17, 15) is 4.39 Å². The highest BCUT2D eigenvalue weighted by molar-refractivity contribution is 5.99. The molecule has 0 radical (unpaired) electrons. The highest BCUT2D eigenvalue weighted by atomic mass is 19.1. The quantitative estimate of drug-likeness (QED) is 0.590. The maximum atomic E-state index is 13.3. The van der Waals surface area contributed by atoms with Crippen LogP contribution in [0.3, 0.4) is 0 Å². The standard InChI is InChI=1S/C11H19FN4/c1-5-7(2)6-14-9-8(3)16(4)11(12)15-10(9)13/h6-7,11H,5H2,1-4H3,(H2,13,15)/b14-6-. The molecule has 0 fully saturated rings. The third-order valence-electron chi connectivity index (χ3n) is 2.78. The Balaban J connectivity index is 2.94. The van der Waals surface area contributed by atoms with Crippen molar-refractivity contribution in [2.45, 2.75) is 33.6 Å². The Hall–Kier alpha value is -1.39. The Morgan fingerprint density at radius 1 is 1.69 bits per heavy atom. The number of nitrogens with zero attached hydrogens (tertiary/aromatic N) is 3. The van der Waals surface area contributed by atoms with E-state index in [1.54, 1.807) is 14.0 Å². The van der Waals surface area contributed by atoms with E-state index in [0.29, 0.717) is 17.3 Å². The molecule has 1 heterocycles. The van der Waals surface area contributed by atoms with Gasteiger partial charge in [0.25, 0.3) is 6.42 Å². The second-order valence-corrected chi connectivity index (χ2v) is 4.03. The van der Waals surface area contributed by atoms with Gasteiger partial charge >= 0.3 is 0 Å². The van der Waals surface area contributed by atoms with Crippen molar-refractivity contribution in [3.05, 3.63) is 11.4 Å². The number of allylic oxidation sites excluding steroid dienone is 1. The minimum absolute atomic E-state index is 0.169. The molecule has 0 spiro atoms. The summed E-state index contributed by atoms with van der Waals surface area (Å²) in [6, 6.07) is 0. The van der Waals surface area contributed by atoms with Crippen LogP contribution in [0.1, 0.15) is 27.2 Å². The Labute approximate surface area is 95.7 Å². The highest BCUT2D eigenvalue weighted by Gasteiger charge is 2.22. The van der Waals surface area contributed by atoms with Crippen molar-refractivity contribution < 1.29 is 4.39 Å². The summed E-state index contributed by atoms with van der Waals surface area (Å²) in [5.41, 5.74) is 6.94. The van der Waals surface area contributed by atoms with Gasteiger partial charge in [0.05, 0.1) is 0 Å². The van der Waals surface area contributed by atoms with Gasteiger partial charge in [0, 0.05) is 19.0 Å². The molecule has 1 aliphatic rings. The van der Waals surface area contributed by atoms with Crippen molar-refractivity contribution in [3.8, 4) is 0 Å². The first-order valence-electron chi connectivity index (χ1n) is 5.43. The molecule has 0 saturated heterocycles. The molecule has 90 valence electrons. The van der Waals surface area contributed by atoms with Crippen LogP contribution in [-0.2, 0) is 0 Å². The van der Waals surface area contributed by atoms with Crippen LogP contribution in [0, 0.1) is 5.92 Å². The number of halogens is 1. The lowest BCUT2D eigenvalue weighted by atomic mass is 10.1. The second kappa shape index (κ2) is 5.09. The number of alkyl halides is 1. The van der Waals surface area contributed by atoms with Gasteiger partial charge in [-0.3, -0.25) is 4.99 Å². The molecule has 4 nitrogen and oxygen atoms in total. The summed E-state index contributed by atoms with van der Waals surface area (Å²) in [6.45, 7) is 5.94. The van der Waals surface area contributed by atoms with Gasteiger partial charge in [0.1, 0.15) is 5.70 Å². The molecule has 0 saturated carbocycles. The molecule has 2 N–H and O–H groups in total. The maximum absolute atomic E-state index is 13.3. The summed E-state index contributed by atoms with van der Waals surface area (Å²) < 4.78 is 13.3. The number of amidine groups is 1. The van der Waals surface area contributed by atoms with Crippen molar-refractivity contribution in [2.24, 2.45) is 21.6 Å². The monoisotopic (exact) mass is 226 g/mol. The fraction of sp³-hybridized carbons (Fsp3) is 0.636. The average molecular weight is 226 g/mol. The van der Waals surface area contributed by atoms with Crippen LogP contribution in [0.2, 0.25) is 0 Å². The number of rotatable bonds is 3. The average Bonchev–Trinajstić information content (AvgIpc) is 2.25. The van der Waals surface area contributed by atoms with Crippen molar-refractivity contribution in [1.82, 2.24) is 4.90 Å². The van der Waals surface area contributed by atoms with E-state index >= 15 is 0 Å². The molecule has 5 heteroatoms. The topological polar surface area (TPSA) is 54.0 Å². The van der Waals surface area contributed by atoms with Gasteiger partial charge in [-0.15, -0.1) is 0 Å². The fourth-order valence-electron chi connectivity index (χ4n) is 1.24. The zero-order valence-corrected chi connectivity index (χ0v) is 10.2. The van der Waals surface area contributed by atoms with Crippen LogP contribution < -0.4 is 5.73 Å².